The topological polar surface area (TPSA) is 47.3 Å². The van der Waals surface area contributed by atoms with Crippen molar-refractivity contribution in [3.63, 3.8) is 0 Å². The molecule has 19 heavy (non-hydrogen) atoms. The molecule has 2 aromatic rings. The molecule has 3 heteroatoms. The van der Waals surface area contributed by atoms with E-state index < -0.39 is 0 Å². The van der Waals surface area contributed by atoms with E-state index in [0.717, 1.165) is 17.0 Å². The maximum absolute atomic E-state index is 5.88. The summed E-state index contributed by atoms with van der Waals surface area (Å²) >= 11 is 0. The van der Waals surface area contributed by atoms with E-state index in [1.54, 1.807) is 7.11 Å². The monoisotopic (exact) mass is 256 g/mol. The van der Waals surface area contributed by atoms with Gasteiger partial charge in [-0.25, -0.2) is 0 Å². The summed E-state index contributed by atoms with van der Waals surface area (Å²) in [6, 6.07) is 16.3. The third-order valence-corrected chi connectivity index (χ3v) is 3.09. The van der Waals surface area contributed by atoms with Crippen LogP contribution in [0.3, 0.4) is 0 Å². The summed E-state index contributed by atoms with van der Waals surface area (Å²) < 4.78 is 5.25. The second-order valence-electron chi connectivity index (χ2n) is 4.58. The highest BCUT2D eigenvalue weighted by atomic mass is 16.5. The Morgan fingerprint density at radius 3 is 2.63 bits per heavy atom. The van der Waals surface area contributed by atoms with Crippen LogP contribution in [0.2, 0.25) is 0 Å². The average molecular weight is 256 g/mol. The molecule has 0 saturated heterocycles. The number of aryl methyl sites for hydroxylation is 1. The Kier molecular flexibility index (Phi) is 4.42. The van der Waals surface area contributed by atoms with Crippen molar-refractivity contribution in [1.29, 1.82) is 0 Å². The summed E-state index contributed by atoms with van der Waals surface area (Å²) in [5.41, 5.74) is 9.32. The van der Waals surface area contributed by atoms with Gasteiger partial charge in [-0.05, 0) is 42.3 Å². The smallest absolute Gasteiger partial charge is 0.119 e. The molecule has 3 N–H and O–H groups in total. The highest BCUT2D eigenvalue weighted by Gasteiger charge is 2.10. The van der Waals surface area contributed by atoms with Crippen LogP contribution >= 0.6 is 0 Å². The summed E-state index contributed by atoms with van der Waals surface area (Å²) in [6.45, 7) is 2.61. The molecule has 0 aliphatic rings. The summed E-state index contributed by atoms with van der Waals surface area (Å²) in [5.74, 6) is 0.849. The third kappa shape index (κ3) is 3.48. The molecule has 2 aromatic carbocycles. The molecule has 2 rings (SSSR count). The highest BCUT2D eigenvalue weighted by Crippen LogP contribution is 2.22. The first-order valence-corrected chi connectivity index (χ1v) is 6.40. The van der Waals surface area contributed by atoms with E-state index in [2.05, 4.69) is 36.5 Å². The minimum atomic E-state index is 0.0805. The van der Waals surface area contributed by atoms with Crippen LogP contribution in [0.5, 0.6) is 5.75 Å². The van der Waals surface area contributed by atoms with Crippen LogP contribution in [0.15, 0.2) is 48.5 Å². The van der Waals surface area contributed by atoms with Crippen molar-refractivity contribution in [3.05, 3.63) is 59.7 Å². The van der Waals surface area contributed by atoms with Crippen LogP contribution in [0.25, 0.3) is 0 Å². The number of nitrogens with one attached hydrogen (secondary N) is 1. The van der Waals surface area contributed by atoms with Gasteiger partial charge in [-0.3, -0.25) is 0 Å². The maximum atomic E-state index is 5.88. The van der Waals surface area contributed by atoms with Crippen molar-refractivity contribution >= 4 is 5.69 Å². The highest BCUT2D eigenvalue weighted by molar-refractivity contribution is 5.48. The fraction of sp³-hybridized carbons (Fsp3) is 0.250. The lowest BCUT2D eigenvalue weighted by Crippen LogP contribution is -2.20. The standard InChI is InChI=1S/C16H20N2O/c1-12-5-3-7-14(9-12)18-16(11-17)13-6-4-8-15(10-13)19-2/h3-10,16,18H,11,17H2,1-2H3. The number of benzene rings is 2. The Balaban J connectivity index is 2.19. The lowest BCUT2D eigenvalue weighted by Gasteiger charge is -2.19. The zero-order valence-corrected chi connectivity index (χ0v) is 11.4. The molecule has 0 fully saturated rings. The molecule has 1 unspecified atom stereocenters. The van der Waals surface area contributed by atoms with Gasteiger partial charge >= 0.3 is 0 Å². The van der Waals surface area contributed by atoms with Gasteiger partial charge in [0.2, 0.25) is 0 Å². The minimum absolute atomic E-state index is 0.0805. The number of hydrogen-bond donors (Lipinski definition) is 2. The van der Waals surface area contributed by atoms with Crippen LogP contribution < -0.4 is 15.8 Å². The van der Waals surface area contributed by atoms with Crippen molar-refractivity contribution in [3.8, 4) is 5.75 Å². The van der Waals surface area contributed by atoms with Gasteiger partial charge in [-0.2, -0.15) is 0 Å². The summed E-state index contributed by atoms with van der Waals surface area (Å²) in [5, 5.41) is 3.46. The summed E-state index contributed by atoms with van der Waals surface area (Å²) in [4.78, 5) is 0. The second-order valence-corrected chi connectivity index (χ2v) is 4.58. The lowest BCUT2D eigenvalue weighted by molar-refractivity contribution is 0.414. The summed E-state index contributed by atoms with van der Waals surface area (Å²) in [7, 11) is 1.67. The molecule has 0 heterocycles. The van der Waals surface area contributed by atoms with Crippen molar-refractivity contribution in [1.82, 2.24) is 0 Å². The number of anilines is 1. The van der Waals surface area contributed by atoms with Crippen molar-refractivity contribution in [2.24, 2.45) is 5.73 Å². The first kappa shape index (κ1) is 13.4. The van der Waals surface area contributed by atoms with Gasteiger partial charge in [0.05, 0.1) is 13.2 Å². The third-order valence-electron chi connectivity index (χ3n) is 3.09. The van der Waals surface area contributed by atoms with Gasteiger partial charge in [0.15, 0.2) is 0 Å². The van der Waals surface area contributed by atoms with E-state index in [-0.39, 0.29) is 6.04 Å². The molecule has 0 aromatic heterocycles. The molecule has 3 nitrogen and oxygen atoms in total. The Hall–Kier alpha value is -2.00. The van der Waals surface area contributed by atoms with Crippen LogP contribution in [0, 0.1) is 6.92 Å². The quantitative estimate of drug-likeness (QED) is 0.864. The number of methoxy groups -OCH3 is 1. The van der Waals surface area contributed by atoms with Gasteiger partial charge in [-0.15, -0.1) is 0 Å². The molecule has 0 aliphatic carbocycles. The summed E-state index contributed by atoms with van der Waals surface area (Å²) in [6.07, 6.45) is 0. The van der Waals surface area contributed by atoms with Gasteiger partial charge in [0.1, 0.15) is 5.75 Å². The Labute approximate surface area is 114 Å². The number of ether oxygens (including phenoxy) is 1. The van der Waals surface area contributed by atoms with E-state index in [1.807, 2.05) is 24.3 Å². The van der Waals surface area contributed by atoms with Crippen LogP contribution in [0.1, 0.15) is 17.2 Å². The van der Waals surface area contributed by atoms with Crippen molar-refractivity contribution in [2.45, 2.75) is 13.0 Å². The lowest BCUT2D eigenvalue weighted by atomic mass is 10.1. The van der Waals surface area contributed by atoms with E-state index in [1.165, 1.54) is 5.56 Å². The molecule has 1 atom stereocenters. The van der Waals surface area contributed by atoms with E-state index in [4.69, 9.17) is 10.5 Å². The van der Waals surface area contributed by atoms with Crippen LogP contribution in [0.4, 0.5) is 5.69 Å². The van der Waals surface area contributed by atoms with E-state index in [9.17, 15) is 0 Å². The fourth-order valence-electron chi connectivity index (χ4n) is 2.07. The molecular formula is C16H20N2O. The maximum Gasteiger partial charge on any atom is 0.119 e. The van der Waals surface area contributed by atoms with Crippen molar-refractivity contribution < 1.29 is 4.74 Å². The molecule has 100 valence electrons. The molecule has 0 spiro atoms. The predicted octanol–water partition coefficient (Wildman–Crippen LogP) is 3.12. The second kappa shape index (κ2) is 6.25. The zero-order valence-electron chi connectivity index (χ0n) is 11.4. The van der Waals surface area contributed by atoms with E-state index in [0.29, 0.717) is 6.54 Å². The van der Waals surface area contributed by atoms with Gasteiger partial charge in [0.25, 0.3) is 0 Å². The molecular weight excluding hydrogens is 236 g/mol. The zero-order chi connectivity index (χ0) is 13.7. The Morgan fingerprint density at radius 2 is 1.95 bits per heavy atom. The molecule has 0 bridgehead atoms. The first-order valence-electron chi connectivity index (χ1n) is 6.40. The molecule has 0 radical (unpaired) electrons. The Morgan fingerprint density at radius 1 is 1.16 bits per heavy atom. The van der Waals surface area contributed by atoms with Gasteiger partial charge < -0.3 is 15.8 Å². The fourth-order valence-corrected chi connectivity index (χ4v) is 2.07. The number of hydrogen-bond acceptors (Lipinski definition) is 3. The number of rotatable bonds is 5. The van der Waals surface area contributed by atoms with Crippen molar-refractivity contribution in [2.75, 3.05) is 19.0 Å². The van der Waals surface area contributed by atoms with Gasteiger partial charge in [0, 0.05) is 12.2 Å². The predicted molar refractivity (Wildman–Crippen MR) is 79.6 cm³/mol. The minimum Gasteiger partial charge on any atom is -0.497 e. The normalized spacial score (nSPS) is 11.9. The number of nitrogens with two attached hydrogens (primary N) is 1. The first-order chi connectivity index (χ1) is 9.22. The van der Waals surface area contributed by atoms with Gasteiger partial charge in [-0.1, -0.05) is 24.3 Å². The molecule has 0 amide bonds. The van der Waals surface area contributed by atoms with E-state index >= 15 is 0 Å². The molecule has 0 saturated carbocycles. The average Bonchev–Trinajstić information content (AvgIpc) is 2.45. The Bertz CT molecular complexity index is 540. The van der Waals surface area contributed by atoms with Crippen LogP contribution in [-0.4, -0.2) is 13.7 Å². The SMILES string of the molecule is COc1cccc(C(CN)Nc2cccc(C)c2)c1. The van der Waals surface area contributed by atoms with Crippen LogP contribution in [-0.2, 0) is 0 Å². The molecule has 0 aliphatic heterocycles. The largest absolute Gasteiger partial charge is 0.497 e.